The van der Waals surface area contributed by atoms with Gasteiger partial charge in [-0.25, -0.2) is 4.98 Å². The molecule has 4 nitrogen and oxygen atoms in total. The first-order valence-corrected chi connectivity index (χ1v) is 7.98. The summed E-state index contributed by atoms with van der Waals surface area (Å²) in [6.45, 7) is 8.06. The Morgan fingerprint density at radius 3 is 2.45 bits per heavy atom. The van der Waals surface area contributed by atoms with Gasteiger partial charge in [-0.2, -0.15) is 0 Å². The second-order valence-corrected chi connectivity index (χ2v) is 5.68. The molecule has 20 heavy (non-hydrogen) atoms. The average Bonchev–Trinajstić information content (AvgIpc) is 2.49. The number of nitrogens with two attached hydrogens (primary N) is 1. The first-order chi connectivity index (χ1) is 9.79. The lowest BCUT2D eigenvalue weighted by Crippen LogP contribution is -2.46. The van der Waals surface area contributed by atoms with E-state index in [2.05, 4.69) is 27.8 Å². The lowest BCUT2D eigenvalue weighted by Gasteiger charge is -2.36. The third kappa shape index (κ3) is 4.67. The van der Waals surface area contributed by atoms with Crippen molar-refractivity contribution >= 4 is 11.5 Å². The highest BCUT2D eigenvalue weighted by Gasteiger charge is 2.16. The molecule has 1 aromatic heterocycles. The highest BCUT2D eigenvalue weighted by molar-refractivity contribution is 5.48. The van der Waals surface area contributed by atoms with E-state index in [1.165, 1.54) is 44.3 Å². The Bertz CT molecular complexity index is 369. The maximum atomic E-state index is 5.63. The van der Waals surface area contributed by atoms with E-state index < -0.39 is 0 Å². The van der Waals surface area contributed by atoms with Crippen molar-refractivity contribution in [3.63, 3.8) is 0 Å². The van der Waals surface area contributed by atoms with Crippen LogP contribution in [0.25, 0.3) is 0 Å². The molecule has 1 saturated heterocycles. The number of unbranched alkanes of at least 4 members (excludes halogenated alkanes) is 4. The summed E-state index contributed by atoms with van der Waals surface area (Å²) in [6.07, 6.45) is 8.73. The molecule has 1 aromatic rings. The third-order valence-electron chi connectivity index (χ3n) is 4.09. The van der Waals surface area contributed by atoms with E-state index in [1.54, 1.807) is 0 Å². The molecular weight excluding hydrogens is 248 g/mol. The molecule has 0 bridgehead atoms. The lowest BCUT2D eigenvalue weighted by molar-refractivity contribution is 0.252. The number of anilines is 2. The van der Waals surface area contributed by atoms with E-state index in [0.717, 1.165) is 26.2 Å². The van der Waals surface area contributed by atoms with Crippen LogP contribution >= 0.6 is 0 Å². The first-order valence-electron chi connectivity index (χ1n) is 7.98. The highest BCUT2D eigenvalue weighted by Crippen LogP contribution is 2.16. The molecule has 0 aromatic carbocycles. The molecule has 0 amide bonds. The van der Waals surface area contributed by atoms with Crippen LogP contribution in [-0.4, -0.2) is 42.6 Å². The van der Waals surface area contributed by atoms with Crippen LogP contribution in [0.1, 0.15) is 39.0 Å². The minimum atomic E-state index is 0.597. The Balaban J connectivity index is 1.66. The van der Waals surface area contributed by atoms with Crippen LogP contribution in [0.15, 0.2) is 18.3 Å². The van der Waals surface area contributed by atoms with Gasteiger partial charge < -0.3 is 10.6 Å². The van der Waals surface area contributed by atoms with E-state index in [4.69, 9.17) is 5.73 Å². The van der Waals surface area contributed by atoms with E-state index in [9.17, 15) is 0 Å². The van der Waals surface area contributed by atoms with E-state index in [-0.39, 0.29) is 0 Å². The summed E-state index contributed by atoms with van der Waals surface area (Å²) >= 11 is 0. The monoisotopic (exact) mass is 276 g/mol. The lowest BCUT2D eigenvalue weighted by atomic mass is 10.1. The zero-order valence-electron chi connectivity index (χ0n) is 12.7. The van der Waals surface area contributed by atoms with Crippen LogP contribution in [-0.2, 0) is 0 Å². The van der Waals surface area contributed by atoms with Gasteiger partial charge in [-0.1, -0.05) is 32.6 Å². The predicted molar refractivity (Wildman–Crippen MR) is 86.1 cm³/mol. The van der Waals surface area contributed by atoms with Crippen LogP contribution in [0, 0.1) is 0 Å². The zero-order valence-corrected chi connectivity index (χ0v) is 12.7. The molecule has 2 N–H and O–H groups in total. The third-order valence-corrected chi connectivity index (χ3v) is 4.09. The van der Waals surface area contributed by atoms with E-state index in [1.807, 2.05) is 12.3 Å². The minimum Gasteiger partial charge on any atom is -0.384 e. The summed E-state index contributed by atoms with van der Waals surface area (Å²) in [5, 5.41) is 0. The summed E-state index contributed by atoms with van der Waals surface area (Å²) < 4.78 is 0. The number of nitrogens with zero attached hydrogens (tertiary/aromatic N) is 3. The molecule has 0 atom stereocenters. The van der Waals surface area contributed by atoms with Crippen LogP contribution in [0.5, 0.6) is 0 Å². The maximum Gasteiger partial charge on any atom is 0.123 e. The molecule has 4 heteroatoms. The molecule has 0 spiro atoms. The second kappa shape index (κ2) is 8.10. The minimum absolute atomic E-state index is 0.597. The first kappa shape index (κ1) is 15.1. The predicted octanol–water partition coefficient (Wildman–Crippen LogP) is 2.76. The number of aromatic nitrogens is 1. The summed E-state index contributed by atoms with van der Waals surface area (Å²) in [6, 6.07) is 3.96. The van der Waals surface area contributed by atoms with Crippen LogP contribution in [0.2, 0.25) is 0 Å². The van der Waals surface area contributed by atoms with Gasteiger partial charge in [0.25, 0.3) is 0 Å². The van der Waals surface area contributed by atoms with E-state index in [0.29, 0.717) is 5.82 Å². The molecule has 0 aliphatic carbocycles. The van der Waals surface area contributed by atoms with Gasteiger partial charge in [0.15, 0.2) is 0 Å². The molecule has 112 valence electrons. The number of hydrogen-bond acceptors (Lipinski definition) is 4. The molecule has 1 fully saturated rings. The number of piperazine rings is 1. The largest absolute Gasteiger partial charge is 0.384 e. The van der Waals surface area contributed by atoms with Crippen molar-refractivity contribution in [1.29, 1.82) is 0 Å². The van der Waals surface area contributed by atoms with Crippen LogP contribution in [0.3, 0.4) is 0 Å². The summed E-state index contributed by atoms with van der Waals surface area (Å²) in [5.41, 5.74) is 6.83. The van der Waals surface area contributed by atoms with Gasteiger partial charge in [-0.3, -0.25) is 4.90 Å². The zero-order chi connectivity index (χ0) is 14.2. The van der Waals surface area contributed by atoms with Crippen molar-refractivity contribution in [2.24, 2.45) is 0 Å². The molecule has 0 saturated carbocycles. The summed E-state index contributed by atoms with van der Waals surface area (Å²) in [5.74, 6) is 0.597. The highest BCUT2D eigenvalue weighted by atomic mass is 15.3. The van der Waals surface area contributed by atoms with E-state index >= 15 is 0 Å². The number of pyridine rings is 1. The average molecular weight is 276 g/mol. The fraction of sp³-hybridized carbons (Fsp3) is 0.688. The number of hydrogen-bond donors (Lipinski definition) is 1. The normalized spacial score (nSPS) is 16.6. The smallest absolute Gasteiger partial charge is 0.123 e. The van der Waals surface area contributed by atoms with Crippen molar-refractivity contribution < 1.29 is 0 Å². The molecule has 0 radical (unpaired) electrons. The molecule has 1 aliphatic heterocycles. The molecule has 2 rings (SSSR count). The fourth-order valence-electron chi connectivity index (χ4n) is 2.75. The molecule has 0 unspecified atom stereocenters. The quantitative estimate of drug-likeness (QED) is 0.778. The second-order valence-electron chi connectivity index (χ2n) is 5.68. The van der Waals surface area contributed by atoms with Crippen molar-refractivity contribution in [2.45, 2.75) is 39.0 Å². The topological polar surface area (TPSA) is 45.4 Å². The summed E-state index contributed by atoms with van der Waals surface area (Å²) in [7, 11) is 0. The Labute approximate surface area is 123 Å². The Morgan fingerprint density at radius 2 is 1.80 bits per heavy atom. The molecular formula is C16H28N4. The summed E-state index contributed by atoms with van der Waals surface area (Å²) in [4.78, 5) is 9.17. The van der Waals surface area contributed by atoms with Gasteiger partial charge in [-0.05, 0) is 25.1 Å². The van der Waals surface area contributed by atoms with Gasteiger partial charge in [0.05, 0.1) is 11.9 Å². The number of rotatable bonds is 7. The fourth-order valence-corrected chi connectivity index (χ4v) is 2.75. The number of nitrogen functional groups attached to an aromatic ring is 1. The van der Waals surface area contributed by atoms with Crippen LogP contribution < -0.4 is 10.6 Å². The van der Waals surface area contributed by atoms with Gasteiger partial charge in [-0.15, -0.1) is 0 Å². The van der Waals surface area contributed by atoms with Gasteiger partial charge in [0, 0.05) is 26.2 Å². The van der Waals surface area contributed by atoms with Crippen LogP contribution in [0.4, 0.5) is 11.5 Å². The van der Waals surface area contributed by atoms with Gasteiger partial charge in [0.1, 0.15) is 5.82 Å². The molecule has 2 heterocycles. The van der Waals surface area contributed by atoms with Crippen molar-refractivity contribution in [3.05, 3.63) is 18.3 Å². The van der Waals surface area contributed by atoms with Crippen molar-refractivity contribution in [3.8, 4) is 0 Å². The Kier molecular flexibility index (Phi) is 6.12. The van der Waals surface area contributed by atoms with Crippen molar-refractivity contribution in [2.75, 3.05) is 43.4 Å². The molecule has 1 aliphatic rings. The van der Waals surface area contributed by atoms with Gasteiger partial charge >= 0.3 is 0 Å². The van der Waals surface area contributed by atoms with Gasteiger partial charge in [0.2, 0.25) is 0 Å². The SMILES string of the molecule is CCCCCCCN1CCN(c2ccc(N)nc2)CC1. The Morgan fingerprint density at radius 1 is 1.05 bits per heavy atom. The standard InChI is InChI=1S/C16H28N4/c1-2-3-4-5-6-9-19-10-12-20(13-11-19)15-7-8-16(17)18-14-15/h7-8,14H,2-6,9-13H2,1H3,(H2,17,18). The Hall–Kier alpha value is -1.29. The maximum absolute atomic E-state index is 5.63. The van der Waals surface area contributed by atoms with Crippen molar-refractivity contribution in [1.82, 2.24) is 9.88 Å².